The number of hydrogen-bond donors (Lipinski definition) is 2. The van der Waals surface area contributed by atoms with Crippen molar-refractivity contribution in [2.75, 3.05) is 32.1 Å². The number of unbranched alkanes of at least 4 members (excludes halogenated alkanes) is 2. The van der Waals surface area contributed by atoms with Crippen molar-refractivity contribution in [2.45, 2.75) is 32.6 Å². The Morgan fingerprint density at radius 1 is 1.19 bits per heavy atom. The summed E-state index contributed by atoms with van der Waals surface area (Å²) in [5.41, 5.74) is 3.37. The fourth-order valence-electron chi connectivity index (χ4n) is 2.50. The lowest BCUT2D eigenvalue weighted by atomic mass is 10.0. The van der Waals surface area contributed by atoms with Crippen molar-refractivity contribution in [1.82, 2.24) is 4.72 Å². The summed E-state index contributed by atoms with van der Waals surface area (Å²) < 4.78 is 26.8. The third kappa shape index (κ3) is 8.12. The lowest BCUT2D eigenvalue weighted by molar-refractivity contribution is 0.283. The van der Waals surface area contributed by atoms with Crippen molar-refractivity contribution in [1.29, 1.82) is 0 Å². The predicted molar refractivity (Wildman–Crippen MR) is 115 cm³/mol. The van der Waals surface area contributed by atoms with E-state index in [0.29, 0.717) is 25.8 Å². The van der Waals surface area contributed by atoms with E-state index in [2.05, 4.69) is 35.6 Å². The van der Waals surface area contributed by atoms with Crippen LogP contribution in [0, 0.1) is 0 Å². The molecule has 0 atom stereocenters. The van der Waals surface area contributed by atoms with E-state index in [1.807, 2.05) is 38.1 Å². The maximum absolute atomic E-state index is 12.1. The Balaban J connectivity index is 2.60. The van der Waals surface area contributed by atoms with Gasteiger partial charge in [0.05, 0.1) is 4.91 Å². The molecular weight excluding hydrogens is 360 g/mol. The third-order valence-electron chi connectivity index (χ3n) is 4.22. The fraction of sp³-hybridized carbons (Fsp3) is 0.429. The molecule has 5 nitrogen and oxygen atoms in total. The molecule has 0 radical (unpaired) electrons. The fourth-order valence-corrected chi connectivity index (χ4v) is 3.37. The van der Waals surface area contributed by atoms with Crippen molar-refractivity contribution < 1.29 is 13.5 Å². The number of nitrogens with zero attached hydrogens (tertiary/aromatic N) is 1. The van der Waals surface area contributed by atoms with Gasteiger partial charge in [-0.1, -0.05) is 30.9 Å². The summed E-state index contributed by atoms with van der Waals surface area (Å²) in [5.74, 6) is 0. The first kappa shape index (κ1) is 23.1. The molecule has 1 aromatic rings. The Kier molecular flexibility index (Phi) is 10.1. The maximum atomic E-state index is 12.1. The highest BCUT2D eigenvalue weighted by Gasteiger charge is 2.11. The Bertz CT molecular complexity index is 748. The van der Waals surface area contributed by atoms with Crippen molar-refractivity contribution >= 4 is 21.3 Å². The van der Waals surface area contributed by atoms with Crippen LogP contribution < -0.4 is 9.62 Å². The Labute approximate surface area is 164 Å². The summed E-state index contributed by atoms with van der Waals surface area (Å²) in [5, 5.41) is 8.73. The van der Waals surface area contributed by atoms with Gasteiger partial charge in [0.1, 0.15) is 0 Å². The third-order valence-corrected chi connectivity index (χ3v) is 5.63. The average molecular weight is 393 g/mol. The first-order chi connectivity index (χ1) is 12.8. The van der Waals surface area contributed by atoms with Gasteiger partial charge in [0.15, 0.2) is 0 Å². The number of sulfonamides is 1. The van der Waals surface area contributed by atoms with Crippen LogP contribution in [0.3, 0.4) is 0 Å². The number of rotatable bonds is 12. The summed E-state index contributed by atoms with van der Waals surface area (Å²) in [4.78, 5) is 2.10. The molecule has 0 bridgehead atoms. The molecule has 2 N–H and O–H groups in total. The second kappa shape index (κ2) is 11.7. The van der Waals surface area contributed by atoms with Gasteiger partial charge in [0.2, 0.25) is 10.0 Å². The van der Waals surface area contributed by atoms with E-state index in [9.17, 15) is 8.42 Å². The first-order valence-electron chi connectivity index (χ1n) is 9.20. The van der Waals surface area contributed by atoms with Gasteiger partial charge < -0.3 is 10.0 Å². The van der Waals surface area contributed by atoms with Crippen molar-refractivity contribution in [3.8, 4) is 0 Å². The van der Waals surface area contributed by atoms with Crippen LogP contribution in [-0.4, -0.2) is 40.8 Å². The first-order valence-corrected chi connectivity index (χ1v) is 10.7. The van der Waals surface area contributed by atoms with E-state index in [0.717, 1.165) is 23.2 Å². The zero-order chi connectivity index (χ0) is 20.3. The van der Waals surface area contributed by atoms with Crippen LogP contribution in [0.15, 0.2) is 54.0 Å². The van der Waals surface area contributed by atoms with Crippen LogP contribution in [0.2, 0.25) is 0 Å². The highest BCUT2D eigenvalue weighted by molar-refractivity contribution is 7.93. The van der Waals surface area contributed by atoms with E-state index in [4.69, 9.17) is 5.11 Å². The zero-order valence-corrected chi connectivity index (χ0v) is 17.4. The van der Waals surface area contributed by atoms with E-state index in [1.165, 1.54) is 0 Å². The molecule has 0 amide bonds. The van der Waals surface area contributed by atoms with Gasteiger partial charge in [0, 0.05) is 32.9 Å². The highest BCUT2D eigenvalue weighted by Crippen LogP contribution is 2.22. The molecular formula is C21H32N2O3S. The molecule has 0 unspecified atom stereocenters. The van der Waals surface area contributed by atoms with E-state index in [-0.39, 0.29) is 11.5 Å². The van der Waals surface area contributed by atoms with Crippen LogP contribution in [0.1, 0.15) is 38.2 Å². The van der Waals surface area contributed by atoms with E-state index in [1.54, 1.807) is 6.08 Å². The minimum absolute atomic E-state index is 0.0584. The normalized spacial score (nSPS) is 12.5. The lowest BCUT2D eigenvalue weighted by Crippen LogP contribution is -2.25. The number of allylic oxidation sites excluding steroid dienone is 4. The Morgan fingerprint density at radius 3 is 2.41 bits per heavy atom. The standard InChI is InChI=1S/C21H32N2O3S/c1-5-19(20-12-14-21(15-13-20)23(3)4)11-9-10-18(2)27(25,26)22-16-7-6-8-17-24/h5,9-10,12-15,22,24H,2,6-8,11,16-17H2,1,3-4H3/b10-9-,19-5+. The smallest absolute Gasteiger partial charge is 0.239 e. The van der Waals surface area contributed by atoms with Crippen molar-refractivity contribution in [2.24, 2.45) is 0 Å². The monoisotopic (exact) mass is 392 g/mol. The van der Waals surface area contributed by atoms with Gasteiger partial charge in [0.25, 0.3) is 0 Å². The van der Waals surface area contributed by atoms with Gasteiger partial charge in [-0.2, -0.15) is 0 Å². The van der Waals surface area contributed by atoms with Crippen molar-refractivity contribution in [3.05, 3.63) is 59.5 Å². The van der Waals surface area contributed by atoms with Crippen LogP contribution in [-0.2, 0) is 10.0 Å². The lowest BCUT2D eigenvalue weighted by Gasteiger charge is -2.13. The highest BCUT2D eigenvalue weighted by atomic mass is 32.2. The molecule has 0 aliphatic rings. The average Bonchev–Trinajstić information content (AvgIpc) is 2.65. The van der Waals surface area contributed by atoms with Crippen LogP contribution in [0.4, 0.5) is 5.69 Å². The van der Waals surface area contributed by atoms with Crippen molar-refractivity contribution in [3.63, 3.8) is 0 Å². The summed E-state index contributed by atoms with van der Waals surface area (Å²) in [6, 6.07) is 8.26. The van der Waals surface area contributed by atoms with Gasteiger partial charge >= 0.3 is 0 Å². The number of aliphatic hydroxyl groups is 1. The molecule has 0 saturated carbocycles. The summed E-state index contributed by atoms with van der Waals surface area (Å²) >= 11 is 0. The Morgan fingerprint density at radius 2 is 1.85 bits per heavy atom. The summed E-state index contributed by atoms with van der Waals surface area (Å²) in [6.45, 7) is 6.13. The summed E-state index contributed by atoms with van der Waals surface area (Å²) in [7, 11) is 0.451. The SMILES string of the molecule is C=C(/C=C\C/C(=C\C)c1ccc(N(C)C)cc1)S(=O)(=O)NCCCCCO. The zero-order valence-electron chi connectivity index (χ0n) is 16.6. The summed E-state index contributed by atoms with van der Waals surface area (Å²) in [6.07, 6.45) is 8.20. The molecule has 6 heteroatoms. The largest absolute Gasteiger partial charge is 0.396 e. The van der Waals surface area contributed by atoms with Crippen LogP contribution in [0.5, 0.6) is 0 Å². The number of nitrogens with one attached hydrogen (secondary N) is 1. The van der Waals surface area contributed by atoms with E-state index >= 15 is 0 Å². The molecule has 0 aromatic heterocycles. The number of anilines is 1. The molecule has 0 heterocycles. The van der Waals surface area contributed by atoms with Gasteiger partial charge in [-0.15, -0.1) is 0 Å². The molecule has 1 aromatic carbocycles. The molecule has 150 valence electrons. The van der Waals surface area contributed by atoms with Crippen LogP contribution in [0.25, 0.3) is 5.57 Å². The number of benzene rings is 1. The molecule has 0 fully saturated rings. The minimum Gasteiger partial charge on any atom is -0.396 e. The van der Waals surface area contributed by atoms with Gasteiger partial charge in [-0.25, -0.2) is 13.1 Å². The quantitative estimate of drug-likeness (QED) is 0.420. The molecule has 27 heavy (non-hydrogen) atoms. The number of aliphatic hydroxyl groups excluding tert-OH is 1. The molecule has 1 rings (SSSR count). The molecule has 0 spiro atoms. The molecule has 0 saturated heterocycles. The topological polar surface area (TPSA) is 69.6 Å². The molecule has 0 aliphatic heterocycles. The second-order valence-electron chi connectivity index (χ2n) is 6.51. The van der Waals surface area contributed by atoms with Gasteiger partial charge in [-0.3, -0.25) is 0 Å². The minimum atomic E-state index is -3.55. The predicted octanol–water partition coefficient (Wildman–Crippen LogP) is 3.70. The maximum Gasteiger partial charge on any atom is 0.239 e. The molecule has 0 aliphatic carbocycles. The Hall–Kier alpha value is -1.89. The van der Waals surface area contributed by atoms with Gasteiger partial charge in [-0.05, 0) is 62.0 Å². The van der Waals surface area contributed by atoms with Crippen LogP contribution >= 0.6 is 0 Å². The second-order valence-corrected chi connectivity index (χ2v) is 8.33. The number of hydrogen-bond acceptors (Lipinski definition) is 4. The van der Waals surface area contributed by atoms with E-state index < -0.39 is 10.0 Å².